The highest BCUT2D eigenvalue weighted by Gasteiger charge is 2.31. The maximum absolute atomic E-state index is 5.70. The molecule has 0 radical (unpaired) electrons. The Morgan fingerprint density at radius 3 is 2.55 bits per heavy atom. The van der Waals surface area contributed by atoms with Crippen molar-refractivity contribution in [1.82, 2.24) is 10.3 Å². The first-order valence-electron chi connectivity index (χ1n) is 10.4. The molecule has 2 atom stereocenters. The Hall–Kier alpha value is -3.25. The van der Waals surface area contributed by atoms with Gasteiger partial charge in [0, 0.05) is 17.8 Å². The number of hydrogen-bond donors (Lipinski definition) is 1. The Bertz CT molecular complexity index is 1050. The third-order valence-electron chi connectivity index (χ3n) is 5.64. The lowest BCUT2D eigenvalue weighted by molar-refractivity contribution is 0.310. The van der Waals surface area contributed by atoms with Crippen molar-refractivity contribution in [3.8, 4) is 23.1 Å². The van der Waals surface area contributed by atoms with Crippen LogP contribution in [0.1, 0.15) is 41.3 Å². The maximum atomic E-state index is 5.70. The van der Waals surface area contributed by atoms with Crippen molar-refractivity contribution in [2.24, 2.45) is 0 Å². The van der Waals surface area contributed by atoms with Gasteiger partial charge in [0.05, 0.1) is 34.0 Å². The lowest BCUT2D eigenvalue weighted by Crippen LogP contribution is -2.34. The predicted molar refractivity (Wildman–Crippen MR) is 119 cm³/mol. The Morgan fingerprint density at radius 2 is 1.81 bits per heavy atom. The smallest absolute Gasteiger partial charge is 0.217 e. The molecule has 4 rings (SSSR count). The molecule has 0 saturated carbocycles. The van der Waals surface area contributed by atoms with E-state index < -0.39 is 0 Å². The zero-order chi connectivity index (χ0) is 21.8. The lowest BCUT2D eigenvalue weighted by Gasteiger charge is -2.34. The highest BCUT2D eigenvalue weighted by atomic mass is 16.5. The van der Waals surface area contributed by atoms with Gasteiger partial charge in [0.1, 0.15) is 5.75 Å². The van der Waals surface area contributed by atoms with Crippen LogP contribution in [0.2, 0.25) is 0 Å². The quantitative estimate of drug-likeness (QED) is 0.608. The van der Waals surface area contributed by atoms with E-state index in [1.165, 1.54) is 11.1 Å². The maximum Gasteiger partial charge on any atom is 0.217 e. The van der Waals surface area contributed by atoms with Crippen LogP contribution in [0, 0.1) is 0 Å². The van der Waals surface area contributed by atoms with Gasteiger partial charge >= 0.3 is 0 Å². The number of pyridine rings is 1. The summed E-state index contributed by atoms with van der Waals surface area (Å²) in [7, 11) is 5.01. The van der Waals surface area contributed by atoms with E-state index in [0.29, 0.717) is 12.5 Å². The van der Waals surface area contributed by atoms with E-state index >= 15 is 0 Å². The van der Waals surface area contributed by atoms with Crippen molar-refractivity contribution in [3.63, 3.8) is 0 Å². The standard InChI is InChI=1S/C25H28N2O4/c1-5-31-22-11-8-16(15-23(22)29-3)24-19-10-9-18(28-2)13-17(19)14-21(27-24)20-7-6-12-26-25(20)30-4/h6-13,15,21,24,27H,5,14H2,1-4H3/t21-,24-/m0/s1. The fraction of sp³-hybridized carbons (Fsp3) is 0.320. The van der Waals surface area contributed by atoms with Crippen molar-refractivity contribution in [2.75, 3.05) is 27.9 Å². The van der Waals surface area contributed by atoms with Gasteiger partial charge in [0.15, 0.2) is 11.5 Å². The van der Waals surface area contributed by atoms with Gasteiger partial charge < -0.3 is 18.9 Å². The fourth-order valence-corrected chi connectivity index (χ4v) is 4.19. The van der Waals surface area contributed by atoms with Gasteiger partial charge in [-0.25, -0.2) is 4.98 Å². The van der Waals surface area contributed by atoms with Crippen molar-refractivity contribution >= 4 is 0 Å². The second-order valence-electron chi connectivity index (χ2n) is 7.37. The van der Waals surface area contributed by atoms with Crippen molar-refractivity contribution in [1.29, 1.82) is 0 Å². The van der Waals surface area contributed by atoms with Gasteiger partial charge in [-0.1, -0.05) is 18.2 Å². The predicted octanol–water partition coefficient (Wildman–Crippen LogP) is 4.48. The van der Waals surface area contributed by atoms with Crippen LogP contribution in [-0.4, -0.2) is 32.9 Å². The highest BCUT2D eigenvalue weighted by molar-refractivity contribution is 5.50. The van der Waals surface area contributed by atoms with Crippen LogP contribution in [0.4, 0.5) is 0 Å². The first-order valence-corrected chi connectivity index (χ1v) is 10.4. The van der Waals surface area contributed by atoms with Crippen LogP contribution >= 0.6 is 0 Å². The summed E-state index contributed by atoms with van der Waals surface area (Å²) in [5.41, 5.74) is 4.57. The SMILES string of the molecule is CCOc1ccc([C@@H]2N[C@H](c3cccnc3OC)Cc3cc(OC)ccc32)cc1OC. The molecule has 1 N–H and O–H groups in total. The van der Waals surface area contributed by atoms with E-state index in [4.69, 9.17) is 18.9 Å². The van der Waals surface area contributed by atoms with Gasteiger partial charge in [-0.15, -0.1) is 0 Å². The average molecular weight is 421 g/mol. The zero-order valence-electron chi connectivity index (χ0n) is 18.3. The number of benzene rings is 2. The van der Waals surface area contributed by atoms with Crippen molar-refractivity contribution in [3.05, 3.63) is 77.0 Å². The normalized spacial score (nSPS) is 17.5. The molecule has 0 bridgehead atoms. The van der Waals surface area contributed by atoms with Crippen molar-refractivity contribution in [2.45, 2.75) is 25.4 Å². The van der Waals surface area contributed by atoms with E-state index in [9.17, 15) is 0 Å². The molecule has 1 aromatic heterocycles. The minimum atomic E-state index is -0.0332. The highest BCUT2D eigenvalue weighted by Crippen LogP contribution is 2.41. The van der Waals surface area contributed by atoms with E-state index in [1.54, 1.807) is 27.5 Å². The van der Waals surface area contributed by atoms with Crippen LogP contribution in [0.15, 0.2) is 54.7 Å². The molecular weight excluding hydrogens is 392 g/mol. The number of aromatic nitrogens is 1. The van der Waals surface area contributed by atoms with Crippen LogP contribution in [0.5, 0.6) is 23.1 Å². The van der Waals surface area contributed by atoms with Gasteiger partial charge in [0.25, 0.3) is 0 Å². The van der Waals surface area contributed by atoms with Gasteiger partial charge in [-0.2, -0.15) is 0 Å². The summed E-state index contributed by atoms with van der Waals surface area (Å²) in [6.45, 7) is 2.55. The first kappa shape index (κ1) is 21.0. The number of rotatable bonds is 7. The second-order valence-corrected chi connectivity index (χ2v) is 7.37. The van der Waals surface area contributed by atoms with Crippen LogP contribution in [0.3, 0.4) is 0 Å². The van der Waals surface area contributed by atoms with Gasteiger partial charge in [-0.3, -0.25) is 5.32 Å². The fourth-order valence-electron chi connectivity index (χ4n) is 4.19. The Morgan fingerprint density at radius 1 is 0.935 bits per heavy atom. The molecule has 6 heteroatoms. The lowest BCUT2D eigenvalue weighted by atomic mass is 9.84. The molecule has 0 spiro atoms. The average Bonchev–Trinajstić information content (AvgIpc) is 2.83. The molecule has 2 heterocycles. The van der Waals surface area contributed by atoms with Gasteiger partial charge in [0.2, 0.25) is 5.88 Å². The van der Waals surface area contributed by atoms with E-state index in [-0.39, 0.29) is 12.1 Å². The third-order valence-corrected chi connectivity index (χ3v) is 5.64. The Kier molecular flexibility index (Phi) is 6.28. The number of nitrogens with zero attached hydrogens (tertiary/aromatic N) is 1. The topological polar surface area (TPSA) is 61.8 Å². The molecule has 2 aromatic carbocycles. The van der Waals surface area contributed by atoms with Gasteiger partial charge in [-0.05, 0) is 60.4 Å². The molecule has 0 unspecified atom stereocenters. The molecule has 0 saturated heterocycles. The molecule has 1 aliphatic heterocycles. The van der Waals surface area contributed by atoms with Crippen LogP contribution < -0.4 is 24.3 Å². The molecule has 0 aliphatic carbocycles. The molecule has 3 aromatic rings. The largest absolute Gasteiger partial charge is 0.497 e. The minimum Gasteiger partial charge on any atom is -0.497 e. The molecule has 0 fully saturated rings. The summed E-state index contributed by atoms with van der Waals surface area (Å²) in [5, 5.41) is 3.80. The number of fused-ring (bicyclic) bond motifs is 1. The number of ether oxygens (including phenoxy) is 4. The molecule has 162 valence electrons. The van der Waals surface area contributed by atoms with E-state index in [2.05, 4.69) is 34.6 Å². The number of hydrogen-bond acceptors (Lipinski definition) is 6. The summed E-state index contributed by atoms with van der Waals surface area (Å²) >= 11 is 0. The summed E-state index contributed by atoms with van der Waals surface area (Å²) in [6, 6.07) is 16.3. The molecular formula is C25H28N2O4. The summed E-state index contributed by atoms with van der Waals surface area (Å²) in [5.74, 6) is 2.94. The molecule has 0 amide bonds. The summed E-state index contributed by atoms with van der Waals surface area (Å²) in [6.07, 6.45) is 2.55. The number of nitrogens with one attached hydrogen (secondary N) is 1. The zero-order valence-corrected chi connectivity index (χ0v) is 18.3. The minimum absolute atomic E-state index is 0.0332. The molecule has 31 heavy (non-hydrogen) atoms. The summed E-state index contributed by atoms with van der Waals surface area (Å²) < 4.78 is 22.3. The number of methoxy groups -OCH3 is 3. The Balaban J connectivity index is 1.79. The second kappa shape index (κ2) is 9.27. The monoisotopic (exact) mass is 420 g/mol. The van der Waals surface area contributed by atoms with Crippen LogP contribution in [-0.2, 0) is 6.42 Å². The van der Waals surface area contributed by atoms with E-state index in [1.807, 2.05) is 31.2 Å². The Labute approximate surface area is 183 Å². The molecule has 1 aliphatic rings. The van der Waals surface area contributed by atoms with E-state index in [0.717, 1.165) is 34.8 Å². The van der Waals surface area contributed by atoms with Crippen LogP contribution in [0.25, 0.3) is 0 Å². The third kappa shape index (κ3) is 4.16. The van der Waals surface area contributed by atoms with Crippen molar-refractivity contribution < 1.29 is 18.9 Å². The first-order chi connectivity index (χ1) is 15.2. The molecule has 6 nitrogen and oxygen atoms in total. The summed E-state index contributed by atoms with van der Waals surface area (Å²) in [4.78, 5) is 4.40.